The quantitative estimate of drug-likeness (QED) is 0.539. The van der Waals surface area contributed by atoms with Gasteiger partial charge in [-0.2, -0.15) is 0 Å². The Morgan fingerprint density at radius 2 is 1.71 bits per heavy atom. The summed E-state index contributed by atoms with van der Waals surface area (Å²) in [6.45, 7) is 2.24. The van der Waals surface area contributed by atoms with Crippen LogP contribution in [0.25, 0.3) is 22.0 Å². The summed E-state index contributed by atoms with van der Waals surface area (Å²) in [5.74, 6) is 0.679. The van der Waals surface area contributed by atoms with Crippen molar-refractivity contribution in [2.75, 3.05) is 0 Å². The first-order chi connectivity index (χ1) is 11.8. The number of nitrogens with one attached hydrogen (secondary N) is 1. The fraction of sp³-hybridized carbons (Fsp3) is 0.500. The number of hydrogen-bond acceptors (Lipinski definition) is 3. The van der Waals surface area contributed by atoms with E-state index in [9.17, 15) is 4.79 Å². The predicted molar refractivity (Wildman–Crippen MR) is 98.4 cm³/mol. The van der Waals surface area contributed by atoms with Crippen molar-refractivity contribution in [2.45, 2.75) is 64.7 Å². The van der Waals surface area contributed by atoms with Gasteiger partial charge in [-0.25, -0.2) is 4.98 Å². The smallest absolute Gasteiger partial charge is 0.278 e. The normalized spacial score (nSPS) is 11.5. The van der Waals surface area contributed by atoms with Crippen LogP contribution in [0.15, 0.2) is 33.5 Å². The van der Waals surface area contributed by atoms with E-state index in [1.807, 2.05) is 24.3 Å². The Kier molecular flexibility index (Phi) is 5.68. The van der Waals surface area contributed by atoms with Crippen molar-refractivity contribution in [3.8, 4) is 0 Å². The highest BCUT2D eigenvalue weighted by Gasteiger charge is 2.12. The SMILES string of the molecule is CCCCCCCCCCc1nc2c(=O)[nH]c3ccccc3c2o1. The second kappa shape index (κ2) is 8.13. The zero-order valence-electron chi connectivity index (χ0n) is 14.4. The molecule has 1 aromatic carbocycles. The van der Waals surface area contributed by atoms with Gasteiger partial charge in [0.15, 0.2) is 17.0 Å². The molecule has 2 heterocycles. The lowest BCUT2D eigenvalue weighted by Crippen LogP contribution is -2.06. The summed E-state index contributed by atoms with van der Waals surface area (Å²) in [5.41, 5.74) is 1.66. The maximum atomic E-state index is 12.1. The van der Waals surface area contributed by atoms with Gasteiger partial charge in [-0.1, -0.05) is 64.0 Å². The summed E-state index contributed by atoms with van der Waals surface area (Å²) in [6.07, 6.45) is 11.0. The molecule has 0 aliphatic heterocycles. The lowest BCUT2D eigenvalue weighted by atomic mass is 10.1. The minimum absolute atomic E-state index is 0.172. The molecule has 0 bridgehead atoms. The first-order valence-corrected chi connectivity index (χ1v) is 9.20. The third-order valence-electron chi connectivity index (χ3n) is 4.55. The number of para-hydroxylation sites is 1. The van der Waals surface area contributed by atoms with Crippen LogP contribution in [0.3, 0.4) is 0 Å². The van der Waals surface area contributed by atoms with Crippen LogP contribution in [-0.4, -0.2) is 9.97 Å². The number of aromatic amines is 1. The molecule has 4 nitrogen and oxygen atoms in total. The molecule has 0 radical (unpaired) electrons. The molecule has 0 spiro atoms. The summed E-state index contributed by atoms with van der Waals surface area (Å²) < 4.78 is 5.89. The molecule has 128 valence electrons. The van der Waals surface area contributed by atoms with Gasteiger partial charge in [-0.3, -0.25) is 4.79 Å². The Balaban J connectivity index is 1.59. The highest BCUT2D eigenvalue weighted by atomic mass is 16.3. The van der Waals surface area contributed by atoms with E-state index in [0.29, 0.717) is 17.0 Å². The third kappa shape index (κ3) is 3.86. The number of fused-ring (bicyclic) bond motifs is 3. The molecule has 0 amide bonds. The fourth-order valence-electron chi connectivity index (χ4n) is 3.19. The van der Waals surface area contributed by atoms with Crippen LogP contribution in [0.1, 0.15) is 64.2 Å². The summed E-state index contributed by atoms with van der Waals surface area (Å²) in [4.78, 5) is 19.4. The summed E-state index contributed by atoms with van der Waals surface area (Å²) >= 11 is 0. The number of hydrogen-bond donors (Lipinski definition) is 1. The first kappa shape index (κ1) is 16.7. The van der Waals surface area contributed by atoms with Gasteiger partial charge in [-0.05, 0) is 18.6 Å². The van der Waals surface area contributed by atoms with Crippen molar-refractivity contribution >= 4 is 22.0 Å². The maximum absolute atomic E-state index is 12.1. The topological polar surface area (TPSA) is 58.9 Å². The number of aryl methyl sites for hydroxylation is 1. The number of H-pyrrole nitrogens is 1. The highest BCUT2D eigenvalue weighted by Crippen LogP contribution is 2.22. The van der Waals surface area contributed by atoms with Gasteiger partial charge >= 0.3 is 0 Å². The van der Waals surface area contributed by atoms with Crippen LogP contribution in [-0.2, 0) is 6.42 Å². The number of benzene rings is 1. The molecular weight excluding hydrogens is 300 g/mol. The number of aromatic nitrogens is 2. The molecule has 3 rings (SSSR count). The summed E-state index contributed by atoms with van der Waals surface area (Å²) in [5, 5.41) is 0.918. The molecule has 0 aliphatic carbocycles. The molecule has 1 N–H and O–H groups in total. The lowest BCUT2D eigenvalue weighted by Gasteiger charge is -2.00. The van der Waals surface area contributed by atoms with Gasteiger partial charge in [0.05, 0.1) is 5.52 Å². The minimum atomic E-state index is -0.172. The number of nitrogens with zero attached hydrogens (tertiary/aromatic N) is 1. The van der Waals surface area contributed by atoms with Gasteiger partial charge in [-0.15, -0.1) is 0 Å². The van der Waals surface area contributed by atoms with E-state index in [0.717, 1.165) is 23.7 Å². The van der Waals surface area contributed by atoms with Crippen LogP contribution in [0, 0.1) is 0 Å². The lowest BCUT2D eigenvalue weighted by molar-refractivity contribution is 0.504. The van der Waals surface area contributed by atoms with E-state index < -0.39 is 0 Å². The Labute approximate surface area is 142 Å². The van der Waals surface area contributed by atoms with Gasteiger partial charge in [0.25, 0.3) is 5.56 Å². The molecule has 0 saturated carbocycles. The maximum Gasteiger partial charge on any atom is 0.278 e. The second-order valence-corrected chi connectivity index (χ2v) is 6.51. The largest absolute Gasteiger partial charge is 0.440 e. The predicted octanol–water partition coefficient (Wildman–Crippen LogP) is 5.35. The molecule has 24 heavy (non-hydrogen) atoms. The van der Waals surface area contributed by atoms with Crippen LogP contribution >= 0.6 is 0 Å². The summed E-state index contributed by atoms with van der Waals surface area (Å²) in [6, 6.07) is 7.69. The zero-order valence-corrected chi connectivity index (χ0v) is 14.4. The number of oxazole rings is 1. The standard InChI is InChI=1S/C20H26N2O2/c1-2-3-4-5-6-7-8-9-14-17-22-18-19(24-17)15-12-10-11-13-16(15)21-20(18)23/h10-13H,2-9,14H2,1H3,(H,21,23). The molecular formula is C20H26N2O2. The molecule has 0 atom stereocenters. The number of rotatable bonds is 9. The molecule has 3 aromatic rings. The van der Waals surface area contributed by atoms with Crippen molar-refractivity contribution in [1.29, 1.82) is 0 Å². The Morgan fingerprint density at radius 3 is 2.50 bits per heavy atom. The molecule has 0 saturated heterocycles. The highest BCUT2D eigenvalue weighted by molar-refractivity contribution is 6.00. The molecule has 0 aliphatic rings. The Morgan fingerprint density at radius 1 is 1.00 bits per heavy atom. The van der Waals surface area contributed by atoms with Crippen LogP contribution < -0.4 is 5.56 Å². The van der Waals surface area contributed by atoms with E-state index >= 15 is 0 Å². The average molecular weight is 326 g/mol. The molecule has 0 unspecified atom stereocenters. The van der Waals surface area contributed by atoms with Crippen molar-refractivity contribution in [3.05, 3.63) is 40.5 Å². The van der Waals surface area contributed by atoms with E-state index in [1.54, 1.807) is 0 Å². The van der Waals surface area contributed by atoms with E-state index in [4.69, 9.17) is 4.42 Å². The molecule has 4 heteroatoms. The monoisotopic (exact) mass is 326 g/mol. The van der Waals surface area contributed by atoms with Crippen LogP contribution in [0.2, 0.25) is 0 Å². The minimum Gasteiger partial charge on any atom is -0.440 e. The van der Waals surface area contributed by atoms with Crippen LogP contribution in [0.4, 0.5) is 0 Å². The van der Waals surface area contributed by atoms with Gasteiger partial charge < -0.3 is 9.40 Å². The molecule has 0 fully saturated rings. The molecule has 2 aromatic heterocycles. The first-order valence-electron chi connectivity index (χ1n) is 9.20. The van der Waals surface area contributed by atoms with Crippen molar-refractivity contribution < 1.29 is 4.42 Å². The van der Waals surface area contributed by atoms with E-state index in [2.05, 4.69) is 16.9 Å². The van der Waals surface area contributed by atoms with E-state index in [-0.39, 0.29) is 5.56 Å². The number of unbranched alkanes of at least 4 members (excludes halogenated alkanes) is 7. The zero-order chi connectivity index (χ0) is 16.8. The van der Waals surface area contributed by atoms with Crippen LogP contribution in [0.5, 0.6) is 0 Å². The Bertz CT molecular complexity index is 848. The fourth-order valence-corrected chi connectivity index (χ4v) is 3.19. The van der Waals surface area contributed by atoms with E-state index in [1.165, 1.54) is 44.9 Å². The summed E-state index contributed by atoms with van der Waals surface area (Å²) in [7, 11) is 0. The van der Waals surface area contributed by atoms with Gasteiger partial charge in [0.2, 0.25) is 0 Å². The average Bonchev–Trinajstić information content (AvgIpc) is 3.02. The van der Waals surface area contributed by atoms with Gasteiger partial charge in [0.1, 0.15) is 0 Å². The van der Waals surface area contributed by atoms with Gasteiger partial charge in [0, 0.05) is 11.8 Å². The third-order valence-corrected chi connectivity index (χ3v) is 4.55. The Hall–Kier alpha value is -2.10. The number of pyridine rings is 1. The van der Waals surface area contributed by atoms with Crippen molar-refractivity contribution in [2.24, 2.45) is 0 Å². The van der Waals surface area contributed by atoms with Crippen molar-refractivity contribution in [3.63, 3.8) is 0 Å². The second-order valence-electron chi connectivity index (χ2n) is 6.51. The van der Waals surface area contributed by atoms with Crippen molar-refractivity contribution in [1.82, 2.24) is 9.97 Å².